The molecule has 0 spiro atoms. The van der Waals surface area contributed by atoms with Crippen molar-refractivity contribution >= 4 is 18.3 Å². The van der Waals surface area contributed by atoms with Crippen molar-refractivity contribution < 1.29 is 4.79 Å². The number of allylic oxidation sites excluding steroid dienone is 1. The Morgan fingerprint density at radius 3 is 2.15 bits per heavy atom. The molecular formula is C9H19ClN2O. The van der Waals surface area contributed by atoms with Crippen LogP contribution in [0.25, 0.3) is 0 Å². The van der Waals surface area contributed by atoms with Gasteiger partial charge in [-0.2, -0.15) is 0 Å². The summed E-state index contributed by atoms with van der Waals surface area (Å²) in [6.45, 7) is 7.55. The molecule has 0 bridgehead atoms. The highest BCUT2D eigenvalue weighted by molar-refractivity contribution is 5.93. The first-order valence-corrected chi connectivity index (χ1v) is 4.19. The molecule has 4 heteroatoms. The average molecular weight is 207 g/mol. The van der Waals surface area contributed by atoms with Gasteiger partial charge in [0.15, 0.2) is 0 Å². The Morgan fingerprint density at radius 1 is 1.38 bits per heavy atom. The fraction of sp³-hybridized carbons (Fsp3) is 0.667. The molecule has 0 aromatic heterocycles. The van der Waals surface area contributed by atoms with Crippen molar-refractivity contribution in [3.8, 4) is 0 Å². The SMILES string of the molecule is CCC(N)NC(=O)C(C)=C(C)C.Cl. The number of hydrogen-bond donors (Lipinski definition) is 2. The summed E-state index contributed by atoms with van der Waals surface area (Å²) in [5.74, 6) is -0.0654. The lowest BCUT2D eigenvalue weighted by Crippen LogP contribution is -2.41. The number of nitrogens with one attached hydrogen (secondary N) is 1. The van der Waals surface area contributed by atoms with Gasteiger partial charge in [0.1, 0.15) is 0 Å². The van der Waals surface area contributed by atoms with Gasteiger partial charge in [-0.05, 0) is 27.2 Å². The Labute approximate surface area is 86.2 Å². The summed E-state index contributed by atoms with van der Waals surface area (Å²) in [4.78, 5) is 11.3. The molecule has 13 heavy (non-hydrogen) atoms. The van der Waals surface area contributed by atoms with Gasteiger partial charge in [0.25, 0.3) is 0 Å². The Balaban J connectivity index is 0. The maximum Gasteiger partial charge on any atom is 0.248 e. The molecular weight excluding hydrogens is 188 g/mol. The van der Waals surface area contributed by atoms with Gasteiger partial charge in [-0.1, -0.05) is 12.5 Å². The molecule has 0 aromatic carbocycles. The molecule has 0 aliphatic carbocycles. The Bertz CT molecular complexity index is 198. The van der Waals surface area contributed by atoms with Crippen molar-refractivity contribution in [1.82, 2.24) is 5.32 Å². The van der Waals surface area contributed by atoms with Gasteiger partial charge in [0.2, 0.25) is 5.91 Å². The summed E-state index contributed by atoms with van der Waals surface area (Å²) in [5.41, 5.74) is 7.33. The fourth-order valence-corrected chi connectivity index (χ4v) is 0.606. The molecule has 0 saturated heterocycles. The molecule has 1 atom stereocenters. The lowest BCUT2D eigenvalue weighted by atomic mass is 10.1. The molecule has 0 radical (unpaired) electrons. The first-order chi connectivity index (χ1) is 5.49. The summed E-state index contributed by atoms with van der Waals surface area (Å²) in [7, 11) is 0. The van der Waals surface area contributed by atoms with Crippen LogP contribution in [0.1, 0.15) is 34.1 Å². The van der Waals surface area contributed by atoms with E-state index in [4.69, 9.17) is 5.73 Å². The summed E-state index contributed by atoms with van der Waals surface area (Å²) in [5, 5.41) is 2.69. The minimum Gasteiger partial charge on any atom is -0.337 e. The molecule has 0 fully saturated rings. The van der Waals surface area contributed by atoms with Crippen LogP contribution in [0, 0.1) is 0 Å². The molecule has 0 heterocycles. The third kappa shape index (κ3) is 5.66. The Kier molecular flexibility index (Phi) is 7.96. The highest BCUT2D eigenvalue weighted by Crippen LogP contribution is 2.01. The molecule has 78 valence electrons. The molecule has 1 amide bonds. The Hall–Kier alpha value is -0.540. The van der Waals surface area contributed by atoms with Crippen molar-refractivity contribution in [2.75, 3.05) is 0 Å². The quantitative estimate of drug-likeness (QED) is 0.544. The summed E-state index contributed by atoms with van der Waals surface area (Å²) in [6, 6.07) is 0. The third-order valence-corrected chi connectivity index (χ3v) is 1.85. The first kappa shape index (κ1) is 15.0. The van der Waals surface area contributed by atoms with E-state index in [-0.39, 0.29) is 24.5 Å². The first-order valence-electron chi connectivity index (χ1n) is 4.19. The van der Waals surface area contributed by atoms with Crippen molar-refractivity contribution in [3.63, 3.8) is 0 Å². The zero-order valence-corrected chi connectivity index (χ0v) is 9.49. The van der Waals surface area contributed by atoms with Crippen molar-refractivity contribution in [2.24, 2.45) is 5.73 Å². The molecule has 0 aliphatic heterocycles. The molecule has 0 saturated carbocycles. The summed E-state index contributed by atoms with van der Waals surface area (Å²) >= 11 is 0. The van der Waals surface area contributed by atoms with Gasteiger partial charge >= 0.3 is 0 Å². The van der Waals surface area contributed by atoms with Crippen LogP contribution in [0.3, 0.4) is 0 Å². The van der Waals surface area contributed by atoms with Gasteiger partial charge in [0.05, 0.1) is 6.17 Å². The highest BCUT2D eigenvalue weighted by Gasteiger charge is 2.07. The fourth-order valence-electron chi connectivity index (χ4n) is 0.606. The minimum atomic E-state index is -0.230. The maximum atomic E-state index is 11.3. The van der Waals surface area contributed by atoms with Crippen LogP contribution in [0.5, 0.6) is 0 Å². The van der Waals surface area contributed by atoms with E-state index in [2.05, 4.69) is 5.32 Å². The Morgan fingerprint density at radius 2 is 1.85 bits per heavy atom. The molecule has 0 rings (SSSR count). The lowest BCUT2D eigenvalue weighted by molar-refractivity contribution is -0.118. The van der Waals surface area contributed by atoms with E-state index in [9.17, 15) is 4.79 Å². The second-order valence-corrected chi connectivity index (χ2v) is 3.11. The topological polar surface area (TPSA) is 55.1 Å². The number of rotatable bonds is 3. The third-order valence-electron chi connectivity index (χ3n) is 1.85. The van der Waals surface area contributed by atoms with Crippen molar-refractivity contribution in [1.29, 1.82) is 0 Å². The van der Waals surface area contributed by atoms with Gasteiger partial charge < -0.3 is 11.1 Å². The number of carbonyl (C=O) groups is 1. The zero-order valence-electron chi connectivity index (χ0n) is 8.68. The van der Waals surface area contributed by atoms with E-state index in [0.717, 1.165) is 17.6 Å². The lowest BCUT2D eigenvalue weighted by Gasteiger charge is -2.12. The number of carbonyl (C=O) groups excluding carboxylic acids is 1. The highest BCUT2D eigenvalue weighted by atomic mass is 35.5. The number of halogens is 1. The van der Waals surface area contributed by atoms with Gasteiger partial charge in [0, 0.05) is 5.57 Å². The second-order valence-electron chi connectivity index (χ2n) is 3.11. The number of amides is 1. The van der Waals surface area contributed by atoms with Crippen LogP contribution in [0.2, 0.25) is 0 Å². The smallest absolute Gasteiger partial charge is 0.248 e. The predicted molar refractivity (Wildman–Crippen MR) is 57.7 cm³/mol. The zero-order chi connectivity index (χ0) is 9.72. The van der Waals surface area contributed by atoms with Crippen LogP contribution in [-0.2, 0) is 4.79 Å². The van der Waals surface area contributed by atoms with Crippen LogP contribution < -0.4 is 11.1 Å². The standard InChI is InChI=1S/C9H18N2O.ClH/c1-5-8(10)11-9(12)7(4)6(2)3;/h8H,5,10H2,1-4H3,(H,11,12);1H. The largest absolute Gasteiger partial charge is 0.337 e. The summed E-state index contributed by atoms with van der Waals surface area (Å²) in [6.07, 6.45) is 0.522. The minimum absolute atomic E-state index is 0. The van der Waals surface area contributed by atoms with E-state index >= 15 is 0 Å². The average Bonchev–Trinajstić information content (AvgIpc) is 2.02. The maximum absolute atomic E-state index is 11.3. The van der Waals surface area contributed by atoms with Crippen molar-refractivity contribution in [2.45, 2.75) is 40.3 Å². The monoisotopic (exact) mass is 206 g/mol. The van der Waals surface area contributed by atoms with E-state index in [1.165, 1.54) is 0 Å². The van der Waals surface area contributed by atoms with Crippen molar-refractivity contribution in [3.05, 3.63) is 11.1 Å². The predicted octanol–water partition coefficient (Wildman–Crippen LogP) is 1.58. The molecule has 3 nitrogen and oxygen atoms in total. The number of hydrogen-bond acceptors (Lipinski definition) is 2. The second kappa shape index (κ2) is 6.92. The van der Waals surface area contributed by atoms with E-state index in [0.29, 0.717) is 0 Å². The molecule has 0 aliphatic rings. The van der Waals surface area contributed by atoms with Crippen LogP contribution >= 0.6 is 12.4 Å². The van der Waals surface area contributed by atoms with Gasteiger partial charge in [-0.15, -0.1) is 12.4 Å². The number of nitrogens with two attached hydrogens (primary N) is 1. The summed E-state index contributed by atoms with van der Waals surface area (Å²) < 4.78 is 0. The molecule has 1 unspecified atom stereocenters. The van der Waals surface area contributed by atoms with Crippen LogP contribution in [0.4, 0.5) is 0 Å². The van der Waals surface area contributed by atoms with E-state index < -0.39 is 0 Å². The van der Waals surface area contributed by atoms with E-state index in [1.54, 1.807) is 6.92 Å². The van der Waals surface area contributed by atoms with Gasteiger partial charge in [-0.25, -0.2) is 0 Å². The van der Waals surface area contributed by atoms with Gasteiger partial charge in [-0.3, -0.25) is 4.79 Å². The molecule has 0 aromatic rings. The normalized spacial score (nSPS) is 11.2. The van der Waals surface area contributed by atoms with E-state index in [1.807, 2.05) is 20.8 Å². The van der Waals surface area contributed by atoms with Crippen LogP contribution in [-0.4, -0.2) is 12.1 Å². The van der Waals surface area contributed by atoms with Crippen LogP contribution in [0.15, 0.2) is 11.1 Å². The molecule has 3 N–H and O–H groups in total.